The quantitative estimate of drug-likeness (QED) is 0.594. The lowest BCUT2D eigenvalue weighted by Gasteiger charge is -2.04. The molecule has 0 aliphatic heterocycles. The molecule has 6 heteroatoms. The van der Waals surface area contributed by atoms with E-state index in [4.69, 9.17) is 10.7 Å². The lowest BCUT2D eigenvalue weighted by Crippen LogP contribution is -2.03. The van der Waals surface area contributed by atoms with Gasteiger partial charge in [0.05, 0.1) is 11.4 Å². The Bertz CT molecular complexity index is 480. The summed E-state index contributed by atoms with van der Waals surface area (Å²) in [6, 6.07) is 0. The lowest BCUT2D eigenvalue weighted by molar-refractivity contribution is 0.528. The van der Waals surface area contributed by atoms with Gasteiger partial charge in [-0.15, -0.1) is 0 Å². The van der Waals surface area contributed by atoms with Crippen LogP contribution in [0.3, 0.4) is 0 Å². The fourth-order valence-electron chi connectivity index (χ4n) is 1.94. The zero-order valence-electron chi connectivity index (χ0n) is 10.5. The minimum Gasteiger partial charge on any atom is -0.268 e. The van der Waals surface area contributed by atoms with Crippen LogP contribution in [0.4, 0.5) is 0 Å². The van der Waals surface area contributed by atoms with Gasteiger partial charge in [0, 0.05) is 17.2 Å². The second-order valence-electron chi connectivity index (χ2n) is 4.22. The van der Waals surface area contributed by atoms with Crippen molar-refractivity contribution in [2.75, 3.05) is 0 Å². The molecule has 0 bridgehead atoms. The van der Waals surface area contributed by atoms with E-state index in [1.54, 1.807) is 18.5 Å². The highest BCUT2D eigenvalue weighted by Gasteiger charge is 2.21. The monoisotopic (exact) mass is 278 g/mol. The molecule has 0 aliphatic carbocycles. The predicted octanol–water partition coefficient (Wildman–Crippen LogP) is 3.01. The van der Waals surface area contributed by atoms with Gasteiger partial charge in [-0.2, -0.15) is 5.10 Å². The fourth-order valence-corrected chi connectivity index (χ4v) is 3.46. The third-order valence-electron chi connectivity index (χ3n) is 2.78. The van der Waals surface area contributed by atoms with Gasteiger partial charge in [-0.05, 0) is 20.3 Å². The molecule has 1 heterocycles. The third-order valence-corrected chi connectivity index (χ3v) is 4.32. The minimum atomic E-state index is -3.69. The van der Waals surface area contributed by atoms with Gasteiger partial charge in [0.15, 0.2) is 0 Å². The SMILES string of the molecule is CCCCCCn1nc(C)c(S(=O)(=O)Cl)c1C. The van der Waals surface area contributed by atoms with Gasteiger partial charge in [0.1, 0.15) is 4.90 Å². The zero-order valence-corrected chi connectivity index (χ0v) is 12.1. The number of nitrogens with zero attached hydrogens (tertiary/aromatic N) is 2. The summed E-state index contributed by atoms with van der Waals surface area (Å²) in [4.78, 5) is 0.162. The van der Waals surface area contributed by atoms with E-state index >= 15 is 0 Å². The Hall–Kier alpha value is -0.550. The maximum Gasteiger partial charge on any atom is 0.264 e. The van der Waals surface area contributed by atoms with E-state index in [-0.39, 0.29) is 4.90 Å². The number of hydrogen-bond donors (Lipinski definition) is 0. The van der Waals surface area contributed by atoms with Gasteiger partial charge in [-0.1, -0.05) is 26.2 Å². The molecule has 0 atom stereocenters. The molecule has 0 saturated carbocycles. The van der Waals surface area contributed by atoms with E-state index in [2.05, 4.69) is 12.0 Å². The molecule has 0 N–H and O–H groups in total. The summed E-state index contributed by atoms with van der Waals surface area (Å²) in [5.74, 6) is 0. The summed E-state index contributed by atoms with van der Waals surface area (Å²) >= 11 is 0. The number of rotatable bonds is 6. The van der Waals surface area contributed by atoms with Crippen LogP contribution in [0.15, 0.2) is 4.90 Å². The first-order chi connectivity index (χ1) is 7.88. The molecular formula is C11H19ClN2O2S. The van der Waals surface area contributed by atoms with Gasteiger partial charge < -0.3 is 0 Å². The first-order valence-corrected chi connectivity index (χ1v) is 8.17. The minimum absolute atomic E-state index is 0.162. The van der Waals surface area contributed by atoms with Crippen molar-refractivity contribution >= 4 is 19.7 Å². The molecule has 0 aliphatic rings. The van der Waals surface area contributed by atoms with Crippen LogP contribution in [-0.4, -0.2) is 18.2 Å². The van der Waals surface area contributed by atoms with Crippen molar-refractivity contribution in [2.24, 2.45) is 0 Å². The van der Waals surface area contributed by atoms with Crippen molar-refractivity contribution in [3.8, 4) is 0 Å². The zero-order chi connectivity index (χ0) is 13.1. The molecule has 1 rings (SSSR count). The average Bonchev–Trinajstić information content (AvgIpc) is 2.48. The molecule has 4 nitrogen and oxygen atoms in total. The van der Waals surface area contributed by atoms with Crippen LogP contribution in [0.5, 0.6) is 0 Å². The topological polar surface area (TPSA) is 52.0 Å². The van der Waals surface area contributed by atoms with Crippen molar-refractivity contribution in [3.63, 3.8) is 0 Å². The van der Waals surface area contributed by atoms with Crippen molar-refractivity contribution in [1.82, 2.24) is 9.78 Å². The van der Waals surface area contributed by atoms with Crippen LogP contribution in [0, 0.1) is 13.8 Å². The molecule has 0 unspecified atom stereocenters. The Kier molecular flexibility index (Phi) is 5.01. The molecule has 0 saturated heterocycles. The normalized spacial score (nSPS) is 12.0. The second kappa shape index (κ2) is 5.87. The summed E-state index contributed by atoms with van der Waals surface area (Å²) < 4.78 is 24.5. The molecule has 1 aromatic rings. The molecule has 98 valence electrons. The number of hydrogen-bond acceptors (Lipinski definition) is 3. The van der Waals surface area contributed by atoms with Gasteiger partial charge in [-0.3, -0.25) is 4.68 Å². The average molecular weight is 279 g/mol. The standard InChI is InChI=1S/C11H19ClN2O2S/c1-4-5-6-7-8-14-10(3)11(9(2)13-14)17(12,15)16/h4-8H2,1-3H3. The molecule has 0 amide bonds. The van der Waals surface area contributed by atoms with Crippen molar-refractivity contribution in [1.29, 1.82) is 0 Å². The highest BCUT2D eigenvalue weighted by Crippen LogP contribution is 2.23. The smallest absolute Gasteiger partial charge is 0.264 e. The van der Waals surface area contributed by atoms with E-state index in [1.807, 2.05) is 0 Å². The number of aromatic nitrogens is 2. The van der Waals surface area contributed by atoms with Crippen molar-refractivity contribution in [2.45, 2.75) is 57.9 Å². The summed E-state index contributed by atoms with van der Waals surface area (Å²) in [7, 11) is 1.70. The van der Waals surface area contributed by atoms with Crippen molar-refractivity contribution in [3.05, 3.63) is 11.4 Å². The number of aryl methyl sites for hydroxylation is 2. The van der Waals surface area contributed by atoms with Crippen LogP contribution >= 0.6 is 10.7 Å². The number of halogens is 1. The highest BCUT2D eigenvalue weighted by molar-refractivity contribution is 8.13. The summed E-state index contributed by atoms with van der Waals surface area (Å²) in [5.41, 5.74) is 1.11. The molecule has 0 radical (unpaired) electrons. The summed E-state index contributed by atoms with van der Waals surface area (Å²) in [6.07, 6.45) is 4.52. The molecule has 0 fully saturated rings. The van der Waals surface area contributed by atoms with E-state index in [0.29, 0.717) is 11.4 Å². The molecule has 1 aromatic heterocycles. The van der Waals surface area contributed by atoms with Gasteiger partial charge in [-0.25, -0.2) is 8.42 Å². The fraction of sp³-hybridized carbons (Fsp3) is 0.727. The first-order valence-electron chi connectivity index (χ1n) is 5.86. The van der Waals surface area contributed by atoms with Crippen LogP contribution in [0.1, 0.15) is 44.0 Å². The van der Waals surface area contributed by atoms with E-state index in [1.165, 1.54) is 12.8 Å². The molecule has 17 heavy (non-hydrogen) atoms. The van der Waals surface area contributed by atoms with Crippen LogP contribution < -0.4 is 0 Å². The van der Waals surface area contributed by atoms with Crippen LogP contribution in [0.25, 0.3) is 0 Å². The Balaban J connectivity index is 2.83. The predicted molar refractivity (Wildman–Crippen MR) is 68.9 cm³/mol. The molecule has 0 spiro atoms. The third kappa shape index (κ3) is 3.71. The Morgan fingerprint density at radius 2 is 1.88 bits per heavy atom. The summed E-state index contributed by atoms with van der Waals surface area (Å²) in [6.45, 7) is 6.32. The first kappa shape index (κ1) is 14.5. The Labute approximate surface area is 107 Å². The maximum absolute atomic E-state index is 11.4. The van der Waals surface area contributed by atoms with Gasteiger partial charge in [0.25, 0.3) is 9.05 Å². The Morgan fingerprint density at radius 1 is 1.24 bits per heavy atom. The van der Waals surface area contributed by atoms with Gasteiger partial charge in [0.2, 0.25) is 0 Å². The lowest BCUT2D eigenvalue weighted by atomic mass is 10.2. The molecular weight excluding hydrogens is 260 g/mol. The van der Waals surface area contributed by atoms with E-state index in [0.717, 1.165) is 19.4 Å². The molecule has 0 aromatic carbocycles. The van der Waals surface area contributed by atoms with Gasteiger partial charge >= 0.3 is 0 Å². The summed E-state index contributed by atoms with van der Waals surface area (Å²) in [5, 5.41) is 4.23. The number of unbranched alkanes of at least 4 members (excludes halogenated alkanes) is 3. The maximum atomic E-state index is 11.4. The highest BCUT2D eigenvalue weighted by atomic mass is 35.7. The van der Waals surface area contributed by atoms with E-state index < -0.39 is 9.05 Å². The largest absolute Gasteiger partial charge is 0.268 e. The second-order valence-corrected chi connectivity index (χ2v) is 6.72. The van der Waals surface area contributed by atoms with Crippen LogP contribution in [0.2, 0.25) is 0 Å². The van der Waals surface area contributed by atoms with E-state index in [9.17, 15) is 8.42 Å². The van der Waals surface area contributed by atoms with Crippen LogP contribution in [-0.2, 0) is 15.6 Å². The Morgan fingerprint density at radius 3 is 2.35 bits per heavy atom. The van der Waals surface area contributed by atoms with Crippen molar-refractivity contribution < 1.29 is 8.42 Å².